The first-order chi connectivity index (χ1) is 14.2. The molecule has 8 nitrogen and oxygen atoms in total. The Morgan fingerprint density at radius 3 is 2.48 bits per heavy atom. The third-order valence-electron chi connectivity index (χ3n) is 4.16. The summed E-state index contributed by atoms with van der Waals surface area (Å²) in [7, 11) is 1.33. The van der Waals surface area contributed by atoms with Gasteiger partial charge >= 0.3 is 6.09 Å². The monoisotopic (exact) mass is 398 g/mol. The molecule has 0 spiro atoms. The van der Waals surface area contributed by atoms with Crippen molar-refractivity contribution in [2.75, 3.05) is 37.5 Å². The molecule has 0 radical (unpaired) electrons. The van der Waals surface area contributed by atoms with Crippen LogP contribution in [0.25, 0.3) is 0 Å². The predicted octanol–water partition coefficient (Wildman–Crippen LogP) is 3.60. The molecule has 0 saturated heterocycles. The number of nitrogens with one attached hydrogen (secondary N) is 3. The molecule has 1 aliphatic heterocycles. The fourth-order valence-corrected chi connectivity index (χ4v) is 2.72. The minimum absolute atomic E-state index is 0.485. The van der Waals surface area contributed by atoms with Crippen molar-refractivity contribution in [2.45, 2.75) is 19.9 Å². The molecule has 0 unspecified atom stereocenters. The summed E-state index contributed by atoms with van der Waals surface area (Å²) in [4.78, 5) is 15.9. The van der Waals surface area contributed by atoms with Crippen LogP contribution in [-0.2, 0) is 11.3 Å². The summed E-state index contributed by atoms with van der Waals surface area (Å²) in [6, 6.07) is 13.2. The van der Waals surface area contributed by atoms with Crippen LogP contribution in [0.5, 0.6) is 11.5 Å². The van der Waals surface area contributed by atoms with E-state index in [9.17, 15) is 4.79 Å². The predicted molar refractivity (Wildman–Crippen MR) is 113 cm³/mol. The number of amides is 1. The quantitative estimate of drug-likeness (QED) is 0.526. The highest BCUT2D eigenvalue weighted by molar-refractivity contribution is 5.94. The molecule has 0 fully saturated rings. The normalized spacial score (nSPS) is 13.2. The lowest BCUT2D eigenvalue weighted by Gasteiger charge is -2.14. The molecule has 1 heterocycles. The standard InChI is InChI=1S/C21H26N4O4/c1-3-22-20(23-14-15-5-7-16(8-6-15)25-21(26)27-2)24-17-9-10-18-19(13-17)29-12-4-11-28-18/h5-10,13H,3-4,11-12,14H2,1-2H3,(H,25,26)(H2,22,23,24). The Balaban J connectivity index is 1.65. The summed E-state index contributed by atoms with van der Waals surface area (Å²) in [5.41, 5.74) is 2.55. The fraction of sp³-hybridized carbons (Fsp3) is 0.333. The van der Waals surface area contributed by atoms with Gasteiger partial charge in [0.25, 0.3) is 0 Å². The van der Waals surface area contributed by atoms with E-state index in [-0.39, 0.29) is 0 Å². The van der Waals surface area contributed by atoms with E-state index < -0.39 is 6.09 Å². The molecule has 0 saturated carbocycles. The average molecular weight is 398 g/mol. The highest BCUT2D eigenvalue weighted by Gasteiger charge is 2.11. The number of ether oxygens (including phenoxy) is 3. The molecule has 3 N–H and O–H groups in total. The van der Waals surface area contributed by atoms with Gasteiger partial charge in [0.2, 0.25) is 0 Å². The Bertz CT molecular complexity index is 852. The first-order valence-corrected chi connectivity index (χ1v) is 9.57. The third-order valence-corrected chi connectivity index (χ3v) is 4.16. The van der Waals surface area contributed by atoms with E-state index in [0.717, 1.165) is 35.7 Å². The van der Waals surface area contributed by atoms with Crippen molar-refractivity contribution >= 4 is 23.4 Å². The molecule has 1 aliphatic rings. The number of carbonyl (C=O) groups excluding carboxylic acids is 1. The third kappa shape index (κ3) is 6.03. The molecule has 8 heteroatoms. The Morgan fingerprint density at radius 1 is 1.03 bits per heavy atom. The number of carbonyl (C=O) groups is 1. The van der Waals surface area contributed by atoms with Gasteiger partial charge in [-0.1, -0.05) is 12.1 Å². The summed E-state index contributed by atoms with van der Waals surface area (Å²) in [5.74, 6) is 2.16. The first kappa shape index (κ1) is 20.3. The van der Waals surface area contributed by atoms with Gasteiger partial charge in [0, 0.05) is 30.4 Å². The van der Waals surface area contributed by atoms with Gasteiger partial charge in [0.15, 0.2) is 17.5 Å². The molecule has 2 aromatic rings. The van der Waals surface area contributed by atoms with E-state index in [1.807, 2.05) is 49.4 Å². The number of hydrogen-bond donors (Lipinski definition) is 3. The minimum atomic E-state index is -0.496. The second kappa shape index (κ2) is 10.2. The van der Waals surface area contributed by atoms with E-state index in [1.165, 1.54) is 7.11 Å². The lowest BCUT2D eigenvalue weighted by molar-refractivity contribution is 0.187. The molecule has 1 amide bonds. The molecule has 0 aromatic heterocycles. The number of aliphatic imine (C=N–C) groups is 1. The van der Waals surface area contributed by atoms with Crippen molar-refractivity contribution in [3.8, 4) is 11.5 Å². The van der Waals surface area contributed by atoms with Crippen LogP contribution in [0.3, 0.4) is 0 Å². The summed E-state index contributed by atoms with van der Waals surface area (Å²) >= 11 is 0. The molecular weight excluding hydrogens is 372 g/mol. The van der Waals surface area contributed by atoms with E-state index in [1.54, 1.807) is 0 Å². The molecular formula is C21H26N4O4. The Hall–Kier alpha value is -3.42. The number of guanidine groups is 1. The van der Waals surface area contributed by atoms with Gasteiger partial charge in [-0.15, -0.1) is 0 Å². The molecule has 154 valence electrons. The molecule has 3 rings (SSSR count). The Labute approximate surface area is 170 Å². The molecule has 0 bridgehead atoms. The molecule has 0 aliphatic carbocycles. The lowest BCUT2D eigenvalue weighted by atomic mass is 10.2. The van der Waals surface area contributed by atoms with Gasteiger partial charge in [0.05, 0.1) is 26.9 Å². The van der Waals surface area contributed by atoms with Crippen LogP contribution in [0.4, 0.5) is 16.2 Å². The number of hydrogen-bond acceptors (Lipinski definition) is 5. The van der Waals surface area contributed by atoms with E-state index in [2.05, 4.69) is 25.7 Å². The maximum Gasteiger partial charge on any atom is 0.411 e. The number of anilines is 2. The van der Waals surface area contributed by atoms with Gasteiger partial charge in [-0.05, 0) is 36.8 Å². The zero-order chi connectivity index (χ0) is 20.5. The molecule has 29 heavy (non-hydrogen) atoms. The zero-order valence-electron chi connectivity index (χ0n) is 16.7. The summed E-state index contributed by atoms with van der Waals surface area (Å²) in [5, 5.41) is 9.15. The number of benzene rings is 2. The van der Waals surface area contributed by atoms with Crippen molar-refractivity contribution < 1.29 is 19.0 Å². The lowest BCUT2D eigenvalue weighted by Crippen LogP contribution is -2.30. The van der Waals surface area contributed by atoms with Crippen LogP contribution in [-0.4, -0.2) is 38.9 Å². The maximum absolute atomic E-state index is 11.2. The number of methoxy groups -OCH3 is 1. The van der Waals surface area contributed by atoms with Crippen LogP contribution in [0.15, 0.2) is 47.5 Å². The average Bonchev–Trinajstić information content (AvgIpc) is 2.98. The van der Waals surface area contributed by atoms with Crippen molar-refractivity contribution in [1.29, 1.82) is 0 Å². The second-order valence-corrected chi connectivity index (χ2v) is 6.35. The summed E-state index contributed by atoms with van der Waals surface area (Å²) < 4.78 is 16.0. The second-order valence-electron chi connectivity index (χ2n) is 6.35. The van der Waals surface area contributed by atoms with E-state index in [0.29, 0.717) is 31.4 Å². The first-order valence-electron chi connectivity index (χ1n) is 9.57. The van der Waals surface area contributed by atoms with Gasteiger partial charge in [-0.25, -0.2) is 9.79 Å². The summed E-state index contributed by atoms with van der Waals surface area (Å²) in [6.07, 6.45) is 0.375. The Morgan fingerprint density at radius 2 is 1.76 bits per heavy atom. The van der Waals surface area contributed by atoms with Gasteiger partial charge in [-0.3, -0.25) is 5.32 Å². The molecule has 0 atom stereocenters. The highest BCUT2D eigenvalue weighted by atomic mass is 16.5. The van der Waals surface area contributed by atoms with Crippen molar-refractivity contribution in [1.82, 2.24) is 5.32 Å². The number of fused-ring (bicyclic) bond motifs is 1. The van der Waals surface area contributed by atoms with Crippen LogP contribution in [0, 0.1) is 0 Å². The SMILES string of the molecule is CCNC(=NCc1ccc(NC(=O)OC)cc1)Nc1ccc2c(c1)OCCCO2. The van der Waals surface area contributed by atoms with Gasteiger partial charge < -0.3 is 24.8 Å². The zero-order valence-corrected chi connectivity index (χ0v) is 16.7. The van der Waals surface area contributed by atoms with E-state index >= 15 is 0 Å². The van der Waals surface area contributed by atoms with Gasteiger partial charge in [-0.2, -0.15) is 0 Å². The topological polar surface area (TPSA) is 93.2 Å². The maximum atomic E-state index is 11.2. The van der Waals surface area contributed by atoms with Crippen LogP contribution >= 0.6 is 0 Å². The Kier molecular flexibility index (Phi) is 7.16. The smallest absolute Gasteiger partial charge is 0.411 e. The van der Waals surface area contributed by atoms with Crippen molar-refractivity contribution in [3.05, 3.63) is 48.0 Å². The van der Waals surface area contributed by atoms with Crippen molar-refractivity contribution in [3.63, 3.8) is 0 Å². The van der Waals surface area contributed by atoms with Crippen molar-refractivity contribution in [2.24, 2.45) is 4.99 Å². The largest absolute Gasteiger partial charge is 0.490 e. The minimum Gasteiger partial charge on any atom is -0.490 e. The number of nitrogens with zero attached hydrogens (tertiary/aromatic N) is 1. The number of rotatable bonds is 5. The van der Waals surface area contributed by atoms with E-state index in [4.69, 9.17) is 9.47 Å². The van der Waals surface area contributed by atoms with Gasteiger partial charge in [0.1, 0.15) is 0 Å². The summed E-state index contributed by atoms with van der Waals surface area (Å²) in [6.45, 7) is 4.54. The highest BCUT2D eigenvalue weighted by Crippen LogP contribution is 2.32. The van der Waals surface area contributed by atoms with Crippen LogP contribution in [0.2, 0.25) is 0 Å². The van der Waals surface area contributed by atoms with Crippen LogP contribution < -0.4 is 25.4 Å². The molecule has 2 aromatic carbocycles. The van der Waals surface area contributed by atoms with Crippen LogP contribution in [0.1, 0.15) is 18.9 Å². The fourth-order valence-electron chi connectivity index (χ4n) is 2.72.